The molecule has 0 unspecified atom stereocenters. The van der Waals surface area contributed by atoms with Gasteiger partial charge in [-0.2, -0.15) is 0 Å². The van der Waals surface area contributed by atoms with E-state index in [1.807, 2.05) is 42.5 Å². The second kappa shape index (κ2) is 6.37. The summed E-state index contributed by atoms with van der Waals surface area (Å²) >= 11 is 1.66. The number of nitrogens with zero attached hydrogens (tertiary/aromatic N) is 2. The Morgan fingerprint density at radius 2 is 2.14 bits per heavy atom. The topological polar surface area (TPSA) is 62.1 Å². The number of aromatic nitrogens is 2. The standard InChI is InChI=1S/C16H17N3O2S/c1-19(10-13-5-6-17-21-13)9-12-7-11-3-4-14(22-2)8-15(11)18-16(12)20/h3-8H,9-10H2,1-2H3,(H,18,20). The second-order valence-electron chi connectivity index (χ2n) is 5.23. The number of pyridine rings is 1. The molecule has 1 aromatic carbocycles. The van der Waals surface area contributed by atoms with Gasteiger partial charge in [-0.05, 0) is 36.9 Å². The van der Waals surface area contributed by atoms with Gasteiger partial charge in [0.25, 0.3) is 5.56 Å². The van der Waals surface area contributed by atoms with E-state index in [0.29, 0.717) is 13.1 Å². The summed E-state index contributed by atoms with van der Waals surface area (Å²) in [5, 5.41) is 4.73. The molecule has 0 aliphatic rings. The van der Waals surface area contributed by atoms with Crippen LogP contribution in [0.3, 0.4) is 0 Å². The lowest BCUT2D eigenvalue weighted by Gasteiger charge is -2.14. The van der Waals surface area contributed by atoms with E-state index in [1.165, 1.54) is 0 Å². The van der Waals surface area contributed by atoms with E-state index in [9.17, 15) is 4.79 Å². The summed E-state index contributed by atoms with van der Waals surface area (Å²) in [5.74, 6) is 0.782. The molecule has 3 aromatic rings. The van der Waals surface area contributed by atoms with Crippen LogP contribution in [0.4, 0.5) is 0 Å². The lowest BCUT2D eigenvalue weighted by molar-refractivity contribution is 0.266. The molecule has 5 nitrogen and oxygen atoms in total. The maximum atomic E-state index is 12.2. The van der Waals surface area contributed by atoms with Gasteiger partial charge in [-0.1, -0.05) is 11.2 Å². The molecule has 0 aliphatic carbocycles. The number of aromatic amines is 1. The van der Waals surface area contributed by atoms with Crippen molar-refractivity contribution in [2.24, 2.45) is 0 Å². The van der Waals surface area contributed by atoms with E-state index >= 15 is 0 Å². The van der Waals surface area contributed by atoms with E-state index in [-0.39, 0.29) is 5.56 Å². The molecule has 2 heterocycles. The Morgan fingerprint density at radius 3 is 2.86 bits per heavy atom. The average molecular weight is 315 g/mol. The van der Waals surface area contributed by atoms with E-state index < -0.39 is 0 Å². The normalized spacial score (nSPS) is 11.4. The number of H-pyrrole nitrogens is 1. The highest BCUT2D eigenvalue weighted by molar-refractivity contribution is 7.98. The zero-order valence-electron chi connectivity index (χ0n) is 12.5. The predicted octanol–water partition coefficient (Wildman–Crippen LogP) is 2.87. The van der Waals surface area contributed by atoms with Gasteiger partial charge in [-0.15, -0.1) is 11.8 Å². The third kappa shape index (κ3) is 3.23. The minimum Gasteiger partial charge on any atom is -0.360 e. The first-order valence-corrected chi connectivity index (χ1v) is 8.16. The summed E-state index contributed by atoms with van der Waals surface area (Å²) in [5.41, 5.74) is 1.57. The molecule has 0 atom stereocenters. The Bertz CT molecular complexity index is 827. The number of fused-ring (bicyclic) bond motifs is 1. The molecule has 0 spiro atoms. The number of hydrogen-bond donors (Lipinski definition) is 1. The maximum Gasteiger partial charge on any atom is 0.252 e. The Kier molecular flexibility index (Phi) is 4.31. The van der Waals surface area contributed by atoms with Gasteiger partial charge in [-0.25, -0.2) is 0 Å². The molecule has 0 radical (unpaired) electrons. The van der Waals surface area contributed by atoms with Gasteiger partial charge in [0, 0.05) is 28.6 Å². The van der Waals surface area contributed by atoms with Gasteiger partial charge in [0.1, 0.15) is 0 Å². The minimum absolute atomic E-state index is 0.0461. The molecule has 3 rings (SSSR count). The highest BCUT2D eigenvalue weighted by atomic mass is 32.2. The van der Waals surface area contributed by atoms with E-state index in [4.69, 9.17) is 4.52 Å². The third-order valence-corrected chi connectivity index (χ3v) is 4.21. The minimum atomic E-state index is -0.0461. The molecule has 1 N–H and O–H groups in total. The molecule has 0 aliphatic heterocycles. The summed E-state index contributed by atoms with van der Waals surface area (Å²) in [6.45, 7) is 1.17. The van der Waals surface area contributed by atoms with Crippen molar-refractivity contribution in [3.8, 4) is 0 Å². The van der Waals surface area contributed by atoms with Crippen LogP contribution in [0.2, 0.25) is 0 Å². The van der Waals surface area contributed by atoms with Gasteiger partial charge >= 0.3 is 0 Å². The van der Waals surface area contributed by atoms with Crippen molar-refractivity contribution in [3.05, 3.63) is 58.2 Å². The molecule has 114 valence electrons. The lowest BCUT2D eigenvalue weighted by atomic mass is 10.1. The largest absolute Gasteiger partial charge is 0.360 e. The van der Waals surface area contributed by atoms with Crippen molar-refractivity contribution in [1.29, 1.82) is 0 Å². The van der Waals surface area contributed by atoms with E-state index in [2.05, 4.69) is 16.2 Å². The van der Waals surface area contributed by atoms with Crippen molar-refractivity contribution in [1.82, 2.24) is 15.0 Å². The Labute approximate surface area is 132 Å². The zero-order chi connectivity index (χ0) is 15.5. The van der Waals surface area contributed by atoms with Gasteiger partial charge in [0.05, 0.1) is 12.7 Å². The summed E-state index contributed by atoms with van der Waals surface area (Å²) < 4.78 is 5.09. The molecule has 22 heavy (non-hydrogen) atoms. The van der Waals surface area contributed by atoms with Crippen LogP contribution in [0.5, 0.6) is 0 Å². The highest BCUT2D eigenvalue weighted by Crippen LogP contribution is 2.20. The number of thioether (sulfide) groups is 1. The summed E-state index contributed by atoms with van der Waals surface area (Å²) in [4.78, 5) is 18.4. The van der Waals surface area contributed by atoms with Crippen LogP contribution in [0.25, 0.3) is 10.9 Å². The fourth-order valence-electron chi connectivity index (χ4n) is 2.41. The molecule has 0 saturated heterocycles. The summed E-state index contributed by atoms with van der Waals surface area (Å²) in [6, 6.07) is 9.88. The molecule has 0 fully saturated rings. The molecule has 2 aromatic heterocycles. The average Bonchev–Trinajstić information content (AvgIpc) is 3.00. The van der Waals surface area contributed by atoms with Crippen molar-refractivity contribution in [2.45, 2.75) is 18.0 Å². The number of benzene rings is 1. The monoisotopic (exact) mass is 315 g/mol. The first kappa shape index (κ1) is 14.9. The second-order valence-corrected chi connectivity index (χ2v) is 6.11. The molecule has 0 amide bonds. The fourth-order valence-corrected chi connectivity index (χ4v) is 2.85. The Morgan fingerprint density at radius 1 is 1.27 bits per heavy atom. The van der Waals surface area contributed by atoms with Crippen LogP contribution in [-0.4, -0.2) is 28.3 Å². The quantitative estimate of drug-likeness (QED) is 0.734. The smallest absolute Gasteiger partial charge is 0.252 e. The number of hydrogen-bond acceptors (Lipinski definition) is 5. The maximum absolute atomic E-state index is 12.2. The van der Waals surface area contributed by atoms with Crippen molar-refractivity contribution < 1.29 is 4.52 Å². The summed E-state index contributed by atoms with van der Waals surface area (Å²) in [6.07, 6.45) is 3.64. The van der Waals surface area contributed by atoms with Gasteiger partial charge in [-0.3, -0.25) is 9.69 Å². The third-order valence-electron chi connectivity index (χ3n) is 3.49. The number of rotatable bonds is 5. The number of nitrogens with one attached hydrogen (secondary N) is 1. The lowest BCUT2D eigenvalue weighted by Crippen LogP contribution is -2.23. The Hall–Kier alpha value is -2.05. The van der Waals surface area contributed by atoms with Gasteiger partial charge < -0.3 is 9.51 Å². The fraction of sp³-hybridized carbons (Fsp3) is 0.250. The van der Waals surface area contributed by atoms with Crippen molar-refractivity contribution in [2.75, 3.05) is 13.3 Å². The summed E-state index contributed by atoms with van der Waals surface area (Å²) in [7, 11) is 1.95. The van der Waals surface area contributed by atoms with Gasteiger partial charge in [0.2, 0.25) is 0 Å². The van der Waals surface area contributed by atoms with E-state index in [1.54, 1.807) is 18.0 Å². The molecular weight excluding hydrogens is 298 g/mol. The molecular formula is C16H17N3O2S. The first-order chi connectivity index (χ1) is 10.7. The zero-order valence-corrected chi connectivity index (χ0v) is 13.3. The van der Waals surface area contributed by atoms with Crippen LogP contribution in [0, 0.1) is 0 Å². The van der Waals surface area contributed by atoms with Crippen LogP contribution in [-0.2, 0) is 13.1 Å². The molecule has 6 heteroatoms. The first-order valence-electron chi connectivity index (χ1n) is 6.94. The van der Waals surface area contributed by atoms with Crippen molar-refractivity contribution >= 4 is 22.7 Å². The van der Waals surface area contributed by atoms with Crippen LogP contribution < -0.4 is 5.56 Å². The van der Waals surface area contributed by atoms with Gasteiger partial charge in [0.15, 0.2) is 5.76 Å². The van der Waals surface area contributed by atoms with E-state index in [0.717, 1.165) is 27.1 Å². The van der Waals surface area contributed by atoms with Crippen LogP contribution in [0.15, 0.2) is 50.7 Å². The Balaban J connectivity index is 1.84. The van der Waals surface area contributed by atoms with Crippen molar-refractivity contribution in [3.63, 3.8) is 0 Å². The SMILES string of the molecule is CSc1ccc2cc(CN(C)Cc3ccno3)c(=O)[nH]c2c1. The molecule has 0 bridgehead atoms. The molecule has 0 saturated carbocycles. The van der Waals surface area contributed by atoms with Crippen LogP contribution >= 0.6 is 11.8 Å². The van der Waals surface area contributed by atoms with Crippen LogP contribution in [0.1, 0.15) is 11.3 Å². The highest BCUT2D eigenvalue weighted by Gasteiger charge is 2.09. The predicted molar refractivity (Wildman–Crippen MR) is 88.0 cm³/mol.